The van der Waals surface area contributed by atoms with E-state index in [4.69, 9.17) is 11.6 Å². The summed E-state index contributed by atoms with van der Waals surface area (Å²) >= 11 is 7.26. The Balaban J connectivity index is 1.93. The molecule has 2 aromatic carbocycles. The number of halogens is 2. The predicted molar refractivity (Wildman–Crippen MR) is 115 cm³/mol. The lowest BCUT2D eigenvalue weighted by molar-refractivity contribution is -0.670. The standard InChI is InChI=1S/C22H13ClFN3O2S/c23-22-25-11-14(30-22)12-27-19-15-6-2-1-5-13(15)9-10-26(19)20(28)18(21(27)29)16-7-3-4-8-17(16)24/h1-11H,12H2/p+1. The molecular weight excluding hydrogens is 425 g/mol. The molecule has 0 aliphatic carbocycles. The zero-order valence-corrected chi connectivity index (χ0v) is 17.0. The molecule has 5 rings (SSSR count). The summed E-state index contributed by atoms with van der Waals surface area (Å²) < 4.78 is 18.0. The monoisotopic (exact) mass is 438 g/mol. The molecule has 5 aromatic rings. The van der Waals surface area contributed by atoms with Crippen LogP contribution in [0.15, 0.2) is 71.8 Å². The van der Waals surface area contributed by atoms with Gasteiger partial charge in [0.2, 0.25) is 0 Å². The zero-order chi connectivity index (χ0) is 20.8. The number of nitrogens with zero attached hydrogens (tertiary/aromatic N) is 3. The van der Waals surface area contributed by atoms with E-state index < -0.39 is 11.4 Å². The number of benzene rings is 2. The van der Waals surface area contributed by atoms with Gasteiger partial charge in [-0.3, -0.25) is 0 Å². The van der Waals surface area contributed by atoms with Gasteiger partial charge in [0, 0.05) is 11.8 Å². The van der Waals surface area contributed by atoms with E-state index in [-0.39, 0.29) is 23.6 Å². The second-order valence-corrected chi connectivity index (χ2v) is 8.44. The SMILES string of the molecule is O=c1c(-c2ccccc2F)c(O)[n+](Cc2cnc(Cl)s2)c2c3ccccc3ccn12. The van der Waals surface area contributed by atoms with Crippen molar-refractivity contribution >= 4 is 39.4 Å². The number of fused-ring (bicyclic) bond motifs is 3. The zero-order valence-electron chi connectivity index (χ0n) is 15.4. The van der Waals surface area contributed by atoms with Crippen LogP contribution in [-0.2, 0) is 6.54 Å². The minimum absolute atomic E-state index is 0.0404. The van der Waals surface area contributed by atoms with Crippen LogP contribution in [0.3, 0.4) is 0 Å². The van der Waals surface area contributed by atoms with Gasteiger partial charge in [-0.2, -0.15) is 8.97 Å². The van der Waals surface area contributed by atoms with Gasteiger partial charge in [-0.15, -0.1) is 11.3 Å². The number of rotatable bonds is 3. The number of aromatic hydroxyl groups is 1. The van der Waals surface area contributed by atoms with Crippen molar-refractivity contribution < 1.29 is 14.1 Å². The van der Waals surface area contributed by atoms with E-state index in [9.17, 15) is 14.3 Å². The Bertz CT molecular complexity index is 1500. The summed E-state index contributed by atoms with van der Waals surface area (Å²) in [5.41, 5.74) is -0.0627. The molecule has 5 nitrogen and oxygen atoms in total. The van der Waals surface area contributed by atoms with Gasteiger partial charge in [0.15, 0.2) is 10.0 Å². The lowest BCUT2D eigenvalue weighted by Crippen LogP contribution is -2.41. The average molecular weight is 439 g/mol. The minimum atomic E-state index is -0.585. The Labute approximate surface area is 178 Å². The van der Waals surface area contributed by atoms with Crippen LogP contribution in [0.5, 0.6) is 5.88 Å². The maximum Gasteiger partial charge on any atom is 0.354 e. The molecule has 0 aliphatic rings. The van der Waals surface area contributed by atoms with E-state index in [1.807, 2.05) is 30.3 Å². The lowest BCUT2D eigenvalue weighted by atomic mass is 10.1. The van der Waals surface area contributed by atoms with Gasteiger partial charge in [0.05, 0.1) is 10.3 Å². The Hall–Kier alpha value is -3.29. The average Bonchev–Trinajstić information content (AvgIpc) is 3.16. The Kier molecular flexibility index (Phi) is 4.49. The highest BCUT2D eigenvalue weighted by molar-refractivity contribution is 7.15. The van der Waals surface area contributed by atoms with Crippen molar-refractivity contribution in [2.75, 3.05) is 0 Å². The van der Waals surface area contributed by atoms with Gasteiger partial charge >= 0.3 is 5.56 Å². The quantitative estimate of drug-likeness (QED) is 0.335. The third-order valence-electron chi connectivity index (χ3n) is 4.98. The van der Waals surface area contributed by atoms with Crippen molar-refractivity contribution in [2.45, 2.75) is 6.54 Å². The number of thiazole rings is 1. The number of pyridine rings is 1. The second-order valence-electron chi connectivity index (χ2n) is 6.75. The van der Waals surface area contributed by atoms with Crippen LogP contribution < -0.4 is 10.1 Å². The van der Waals surface area contributed by atoms with Crippen LogP contribution >= 0.6 is 22.9 Å². The van der Waals surface area contributed by atoms with Gasteiger partial charge in [-0.05, 0) is 23.6 Å². The van der Waals surface area contributed by atoms with Crippen molar-refractivity contribution in [3.63, 3.8) is 0 Å². The molecule has 0 fully saturated rings. The van der Waals surface area contributed by atoms with Crippen LogP contribution in [0.25, 0.3) is 27.5 Å². The molecule has 0 saturated carbocycles. The fourth-order valence-electron chi connectivity index (χ4n) is 3.65. The van der Waals surface area contributed by atoms with Gasteiger partial charge in [0.1, 0.15) is 18.6 Å². The fraction of sp³-hybridized carbons (Fsp3) is 0.0455. The van der Waals surface area contributed by atoms with Crippen molar-refractivity contribution in [1.29, 1.82) is 0 Å². The highest BCUT2D eigenvalue weighted by Crippen LogP contribution is 2.28. The summed E-state index contributed by atoms with van der Waals surface area (Å²) in [6.45, 7) is 0.218. The molecule has 1 N–H and O–H groups in total. The molecule has 0 spiro atoms. The van der Waals surface area contributed by atoms with Gasteiger partial charge in [0.25, 0.3) is 11.5 Å². The van der Waals surface area contributed by atoms with E-state index in [1.54, 1.807) is 23.0 Å². The van der Waals surface area contributed by atoms with Crippen LogP contribution in [0.2, 0.25) is 4.47 Å². The van der Waals surface area contributed by atoms with Crippen LogP contribution in [0.4, 0.5) is 4.39 Å². The first-order valence-electron chi connectivity index (χ1n) is 9.08. The van der Waals surface area contributed by atoms with E-state index in [0.717, 1.165) is 15.6 Å². The first-order valence-corrected chi connectivity index (χ1v) is 10.3. The largest absolute Gasteiger partial charge is 0.477 e. The minimum Gasteiger partial charge on any atom is -0.477 e. The summed E-state index contributed by atoms with van der Waals surface area (Å²) in [6.07, 6.45) is 3.26. The summed E-state index contributed by atoms with van der Waals surface area (Å²) in [6, 6.07) is 15.3. The number of hydrogen-bond donors (Lipinski definition) is 1. The van der Waals surface area contributed by atoms with Crippen molar-refractivity contribution in [3.8, 4) is 17.0 Å². The molecule has 8 heteroatoms. The Morgan fingerprint density at radius 1 is 1.13 bits per heavy atom. The van der Waals surface area contributed by atoms with Gasteiger partial charge in [-0.1, -0.05) is 48.0 Å². The molecule has 0 unspecified atom stereocenters. The maximum atomic E-state index is 14.6. The highest BCUT2D eigenvalue weighted by Gasteiger charge is 2.28. The summed E-state index contributed by atoms with van der Waals surface area (Å²) in [4.78, 5) is 18.2. The lowest BCUT2D eigenvalue weighted by Gasteiger charge is -2.11. The van der Waals surface area contributed by atoms with Crippen LogP contribution in [0.1, 0.15) is 4.88 Å². The first-order chi connectivity index (χ1) is 14.5. The normalized spacial score (nSPS) is 11.4. The molecule has 3 aromatic heterocycles. The molecule has 3 heterocycles. The molecule has 30 heavy (non-hydrogen) atoms. The van der Waals surface area contributed by atoms with Crippen molar-refractivity contribution in [3.05, 3.63) is 92.5 Å². The first kappa shape index (κ1) is 18.7. The molecule has 0 amide bonds. The topological polar surface area (TPSA) is 58.5 Å². The van der Waals surface area contributed by atoms with Crippen LogP contribution in [-0.4, -0.2) is 14.5 Å². The molecule has 0 atom stereocenters. The summed E-state index contributed by atoms with van der Waals surface area (Å²) in [5.74, 6) is -0.899. The van der Waals surface area contributed by atoms with E-state index in [0.29, 0.717) is 10.1 Å². The van der Waals surface area contributed by atoms with Crippen LogP contribution in [0, 0.1) is 5.82 Å². The van der Waals surface area contributed by atoms with Gasteiger partial charge in [-0.25, -0.2) is 14.2 Å². The third kappa shape index (κ3) is 2.94. The van der Waals surface area contributed by atoms with Crippen molar-refractivity contribution in [1.82, 2.24) is 9.38 Å². The smallest absolute Gasteiger partial charge is 0.354 e. The third-order valence-corrected chi connectivity index (χ3v) is 6.08. The summed E-state index contributed by atoms with van der Waals surface area (Å²) in [5, 5.41) is 12.9. The number of aromatic nitrogens is 3. The Morgan fingerprint density at radius 3 is 2.67 bits per heavy atom. The molecular formula is C22H14ClFN3O2S+. The van der Waals surface area contributed by atoms with E-state index in [2.05, 4.69) is 4.98 Å². The van der Waals surface area contributed by atoms with Gasteiger partial charge < -0.3 is 5.11 Å². The second kappa shape index (κ2) is 7.19. The molecule has 0 radical (unpaired) electrons. The Morgan fingerprint density at radius 2 is 1.90 bits per heavy atom. The maximum absolute atomic E-state index is 14.6. The molecule has 0 aliphatic heterocycles. The summed E-state index contributed by atoms with van der Waals surface area (Å²) in [7, 11) is 0. The molecule has 0 saturated heterocycles. The number of hydrogen-bond acceptors (Lipinski definition) is 4. The fourth-order valence-corrected chi connectivity index (χ4v) is 4.62. The molecule has 0 bridgehead atoms. The molecule has 148 valence electrons. The predicted octanol–water partition coefficient (Wildman–Crippen LogP) is 4.41. The van der Waals surface area contributed by atoms with Crippen molar-refractivity contribution in [2.24, 2.45) is 0 Å². The van der Waals surface area contributed by atoms with E-state index in [1.165, 1.54) is 33.9 Å². The highest BCUT2D eigenvalue weighted by atomic mass is 35.5. The van der Waals surface area contributed by atoms with E-state index >= 15 is 0 Å².